The summed E-state index contributed by atoms with van der Waals surface area (Å²) in [4.78, 5) is 27.4. The molecule has 33 heavy (non-hydrogen) atoms. The number of hydrogen-bond donors (Lipinski definition) is 0. The predicted octanol–water partition coefficient (Wildman–Crippen LogP) is 4.65. The summed E-state index contributed by atoms with van der Waals surface area (Å²) in [6.45, 7) is 11.0. The molecule has 180 valence electrons. The van der Waals surface area contributed by atoms with Crippen molar-refractivity contribution in [3.05, 3.63) is 27.3 Å². The van der Waals surface area contributed by atoms with E-state index < -0.39 is 22.2 Å². The third kappa shape index (κ3) is 5.67. The Bertz CT molecular complexity index is 977. The van der Waals surface area contributed by atoms with Gasteiger partial charge < -0.3 is 19.3 Å². The molecule has 1 saturated heterocycles. The number of amides is 1. The molecule has 9 nitrogen and oxygen atoms in total. The van der Waals surface area contributed by atoms with Crippen LogP contribution in [0.2, 0.25) is 0 Å². The van der Waals surface area contributed by atoms with Gasteiger partial charge in [0.2, 0.25) is 0 Å². The minimum Gasteiger partial charge on any atom is -0.486 e. The Balaban J connectivity index is 1.90. The molecule has 1 atom stereocenters. The van der Waals surface area contributed by atoms with Crippen LogP contribution in [0.15, 0.2) is 6.07 Å². The predicted molar refractivity (Wildman–Crippen MR) is 125 cm³/mol. The summed E-state index contributed by atoms with van der Waals surface area (Å²) >= 11 is 0. The molecule has 0 unspecified atom stereocenters. The van der Waals surface area contributed by atoms with Gasteiger partial charge in [-0.2, -0.15) is 5.26 Å². The molecule has 0 N–H and O–H groups in total. The molecule has 0 aromatic heterocycles. The van der Waals surface area contributed by atoms with Crippen LogP contribution in [0.25, 0.3) is 0 Å². The molecule has 0 bridgehead atoms. The van der Waals surface area contributed by atoms with Crippen molar-refractivity contribution in [1.82, 2.24) is 4.90 Å². The first-order valence-corrected chi connectivity index (χ1v) is 11.4. The smallest absolute Gasteiger partial charge is 0.410 e. The number of fused-ring (bicyclic) bond motifs is 1. The summed E-state index contributed by atoms with van der Waals surface area (Å²) < 4.78 is 11.6. The minimum absolute atomic E-state index is 0.0604. The van der Waals surface area contributed by atoms with Crippen LogP contribution in [0.5, 0.6) is 5.75 Å². The topological polar surface area (TPSA) is 109 Å². The van der Waals surface area contributed by atoms with Gasteiger partial charge in [-0.05, 0) is 66.2 Å². The zero-order valence-electron chi connectivity index (χ0n) is 20.4. The number of anilines is 1. The Kier molecular flexibility index (Phi) is 6.78. The third-order valence-electron chi connectivity index (χ3n) is 6.06. The van der Waals surface area contributed by atoms with Crippen molar-refractivity contribution < 1.29 is 19.2 Å². The highest BCUT2D eigenvalue weighted by Crippen LogP contribution is 2.45. The zero-order chi connectivity index (χ0) is 24.6. The lowest BCUT2D eigenvalue weighted by molar-refractivity contribution is -0.384. The standard InChI is InChI=1S/C24H34N4O5/c1-23(2,3)33-22(29)26(6)14-16-8-7-11-27(15-16)20-18(13-25)21-17(12-19(20)28(30)31)9-10-24(4,5)32-21/h12,16H,7-11,14-15H2,1-6H3/t16-/m0/s1. The second-order valence-electron chi connectivity index (χ2n) is 10.7. The fraction of sp³-hybridized carbons (Fsp3) is 0.667. The summed E-state index contributed by atoms with van der Waals surface area (Å²) in [5.41, 5.74) is 0.182. The van der Waals surface area contributed by atoms with Crippen molar-refractivity contribution in [3.63, 3.8) is 0 Å². The van der Waals surface area contributed by atoms with Crippen molar-refractivity contribution in [2.75, 3.05) is 31.6 Å². The first kappa shape index (κ1) is 24.6. The summed E-state index contributed by atoms with van der Waals surface area (Å²) in [7, 11) is 1.70. The van der Waals surface area contributed by atoms with Crippen LogP contribution in [0.3, 0.4) is 0 Å². The van der Waals surface area contributed by atoms with E-state index in [4.69, 9.17) is 9.47 Å². The number of nitrogens with zero attached hydrogens (tertiary/aromatic N) is 4. The fourth-order valence-corrected chi connectivity index (χ4v) is 4.54. The maximum absolute atomic E-state index is 12.4. The lowest BCUT2D eigenvalue weighted by Crippen LogP contribution is -2.43. The van der Waals surface area contributed by atoms with Crippen LogP contribution >= 0.6 is 0 Å². The summed E-state index contributed by atoms with van der Waals surface area (Å²) in [6.07, 6.45) is 2.64. The van der Waals surface area contributed by atoms with E-state index in [9.17, 15) is 20.2 Å². The van der Waals surface area contributed by atoms with Gasteiger partial charge in [0.05, 0.1) is 4.92 Å². The van der Waals surface area contributed by atoms with Gasteiger partial charge in [0, 0.05) is 38.3 Å². The Labute approximate surface area is 195 Å². The average Bonchev–Trinajstić information content (AvgIpc) is 2.70. The van der Waals surface area contributed by atoms with E-state index in [1.54, 1.807) is 18.0 Å². The molecule has 0 radical (unpaired) electrons. The highest BCUT2D eigenvalue weighted by atomic mass is 16.6. The minimum atomic E-state index is -0.580. The van der Waals surface area contributed by atoms with Gasteiger partial charge >= 0.3 is 6.09 Å². The van der Waals surface area contributed by atoms with Gasteiger partial charge in [0.1, 0.15) is 34.3 Å². The van der Waals surface area contributed by atoms with E-state index in [-0.39, 0.29) is 17.2 Å². The number of aryl methyl sites for hydroxylation is 1. The van der Waals surface area contributed by atoms with Crippen LogP contribution in [0.4, 0.5) is 16.2 Å². The number of carbonyl (C=O) groups excluding carboxylic acids is 1. The first-order valence-electron chi connectivity index (χ1n) is 11.4. The van der Waals surface area contributed by atoms with Crippen molar-refractivity contribution in [2.45, 2.75) is 71.5 Å². The molecular weight excluding hydrogens is 424 g/mol. The molecule has 1 aromatic rings. The van der Waals surface area contributed by atoms with Gasteiger partial charge in [-0.15, -0.1) is 0 Å². The van der Waals surface area contributed by atoms with Crippen LogP contribution in [-0.4, -0.2) is 53.8 Å². The van der Waals surface area contributed by atoms with Gasteiger partial charge in [-0.25, -0.2) is 4.79 Å². The molecular formula is C24H34N4O5. The largest absolute Gasteiger partial charge is 0.486 e. The van der Waals surface area contributed by atoms with Crippen LogP contribution < -0.4 is 9.64 Å². The quantitative estimate of drug-likeness (QED) is 0.477. The van der Waals surface area contributed by atoms with E-state index in [1.165, 1.54) is 0 Å². The number of piperidine rings is 1. The molecule has 1 amide bonds. The molecule has 0 spiro atoms. The molecule has 1 fully saturated rings. The summed E-state index contributed by atoms with van der Waals surface area (Å²) in [6, 6.07) is 3.76. The van der Waals surface area contributed by atoms with Crippen molar-refractivity contribution in [2.24, 2.45) is 5.92 Å². The molecule has 2 heterocycles. The van der Waals surface area contributed by atoms with E-state index in [2.05, 4.69) is 6.07 Å². The van der Waals surface area contributed by atoms with Gasteiger partial charge in [-0.1, -0.05) is 0 Å². The number of benzene rings is 1. The number of nitro groups is 1. The Hall–Kier alpha value is -3.02. The summed E-state index contributed by atoms with van der Waals surface area (Å²) in [5, 5.41) is 22.0. The third-order valence-corrected chi connectivity index (χ3v) is 6.06. The Morgan fingerprint density at radius 1 is 1.45 bits per heavy atom. The van der Waals surface area contributed by atoms with E-state index in [0.29, 0.717) is 43.1 Å². The highest BCUT2D eigenvalue weighted by molar-refractivity contribution is 5.78. The number of nitriles is 1. The number of rotatable bonds is 4. The number of hydrogen-bond acceptors (Lipinski definition) is 7. The van der Waals surface area contributed by atoms with Gasteiger partial charge in [-0.3, -0.25) is 10.1 Å². The molecule has 1 aromatic carbocycles. The molecule has 0 saturated carbocycles. The van der Waals surface area contributed by atoms with Crippen molar-refractivity contribution in [1.29, 1.82) is 5.26 Å². The number of nitro benzene ring substituents is 1. The van der Waals surface area contributed by atoms with Gasteiger partial charge in [0.25, 0.3) is 5.69 Å². The lowest BCUT2D eigenvalue weighted by Gasteiger charge is -2.38. The maximum Gasteiger partial charge on any atom is 0.410 e. The van der Waals surface area contributed by atoms with Crippen LogP contribution in [-0.2, 0) is 11.2 Å². The number of carbonyl (C=O) groups is 1. The molecule has 2 aliphatic heterocycles. The van der Waals surface area contributed by atoms with Crippen LogP contribution in [0.1, 0.15) is 65.0 Å². The molecule has 0 aliphatic carbocycles. The SMILES string of the molecule is CN(C[C@@H]1CCCN(c2c([N+](=O)[O-])cc3c(c2C#N)OC(C)(C)CC3)C1)C(=O)OC(C)(C)C. The molecule has 2 aliphatic rings. The van der Waals surface area contributed by atoms with E-state index in [1.807, 2.05) is 39.5 Å². The molecule has 9 heteroatoms. The second kappa shape index (κ2) is 9.08. The van der Waals surface area contributed by atoms with E-state index in [0.717, 1.165) is 19.3 Å². The maximum atomic E-state index is 12.4. The fourth-order valence-electron chi connectivity index (χ4n) is 4.54. The van der Waals surface area contributed by atoms with Crippen LogP contribution in [0, 0.1) is 27.4 Å². The van der Waals surface area contributed by atoms with E-state index >= 15 is 0 Å². The van der Waals surface area contributed by atoms with Crippen molar-refractivity contribution >= 4 is 17.5 Å². The van der Waals surface area contributed by atoms with Gasteiger partial charge in [0.15, 0.2) is 0 Å². The van der Waals surface area contributed by atoms with Crippen molar-refractivity contribution in [3.8, 4) is 11.8 Å². The molecule has 3 rings (SSSR count). The number of ether oxygens (including phenoxy) is 2. The lowest BCUT2D eigenvalue weighted by atomic mass is 9.90. The monoisotopic (exact) mass is 458 g/mol. The highest BCUT2D eigenvalue weighted by Gasteiger charge is 2.37. The first-order chi connectivity index (χ1) is 15.3. The average molecular weight is 459 g/mol. The second-order valence-corrected chi connectivity index (χ2v) is 10.7. The zero-order valence-corrected chi connectivity index (χ0v) is 20.4. The normalized spacial score (nSPS) is 19.7. The Morgan fingerprint density at radius 3 is 2.76 bits per heavy atom. The Morgan fingerprint density at radius 2 is 2.15 bits per heavy atom. The summed E-state index contributed by atoms with van der Waals surface area (Å²) in [5.74, 6) is 0.554.